The van der Waals surface area contributed by atoms with E-state index in [1.165, 1.54) is 11.1 Å². The summed E-state index contributed by atoms with van der Waals surface area (Å²) in [6, 6.07) is 14.9. The number of carboxylic acids is 1. The van der Waals surface area contributed by atoms with Crippen LogP contribution in [0.3, 0.4) is 0 Å². The fourth-order valence-electron chi connectivity index (χ4n) is 2.70. The third kappa shape index (κ3) is 5.08. The number of carbonyl (C=O) groups excluding carboxylic acids is 1. The molecule has 0 aromatic heterocycles. The Morgan fingerprint density at radius 3 is 2.36 bits per heavy atom. The van der Waals surface area contributed by atoms with Crippen LogP contribution >= 0.6 is 0 Å². The van der Waals surface area contributed by atoms with Crippen LogP contribution in [0.4, 0.5) is 5.69 Å². The lowest BCUT2D eigenvalue weighted by atomic mass is 9.93. The summed E-state index contributed by atoms with van der Waals surface area (Å²) in [4.78, 5) is 24.7. The average Bonchev–Trinajstić information content (AvgIpc) is 2.60. The van der Waals surface area contributed by atoms with Crippen LogP contribution in [0.1, 0.15) is 30.4 Å². The van der Waals surface area contributed by atoms with Gasteiger partial charge in [-0.1, -0.05) is 31.2 Å². The van der Waals surface area contributed by atoms with Crippen LogP contribution in [-0.2, 0) is 9.59 Å². The first-order valence-corrected chi connectivity index (χ1v) is 8.15. The van der Waals surface area contributed by atoms with Gasteiger partial charge < -0.3 is 14.7 Å². The zero-order valence-electron chi connectivity index (χ0n) is 14.7. The van der Waals surface area contributed by atoms with E-state index >= 15 is 0 Å². The number of hydrogen-bond acceptors (Lipinski definition) is 3. The fourth-order valence-corrected chi connectivity index (χ4v) is 2.70. The van der Waals surface area contributed by atoms with E-state index in [-0.39, 0.29) is 18.4 Å². The van der Waals surface area contributed by atoms with Gasteiger partial charge in [0, 0.05) is 19.2 Å². The Kier molecular flexibility index (Phi) is 6.17. The van der Waals surface area contributed by atoms with Crippen LogP contribution in [0, 0.1) is 6.92 Å². The summed E-state index contributed by atoms with van der Waals surface area (Å²) < 4.78 is 5.10. The summed E-state index contributed by atoms with van der Waals surface area (Å²) in [5, 5.41) is 8.61. The number of carbonyl (C=O) groups is 2. The third-order valence-electron chi connectivity index (χ3n) is 4.16. The van der Waals surface area contributed by atoms with Crippen LogP contribution in [-0.4, -0.2) is 30.6 Å². The van der Waals surface area contributed by atoms with Crippen molar-refractivity contribution in [2.75, 3.05) is 18.6 Å². The molecule has 5 nitrogen and oxygen atoms in total. The predicted octanol–water partition coefficient (Wildman–Crippen LogP) is 3.62. The third-order valence-corrected chi connectivity index (χ3v) is 4.16. The quantitative estimate of drug-likeness (QED) is 0.835. The zero-order valence-corrected chi connectivity index (χ0v) is 14.7. The van der Waals surface area contributed by atoms with E-state index < -0.39 is 5.97 Å². The monoisotopic (exact) mass is 341 g/mol. The van der Waals surface area contributed by atoms with Crippen molar-refractivity contribution in [1.29, 1.82) is 0 Å². The number of aliphatic carboxylic acids is 1. The predicted molar refractivity (Wildman–Crippen MR) is 97.2 cm³/mol. The lowest BCUT2D eigenvalue weighted by molar-refractivity contribution is -0.139. The standard InChI is InChI=1S/C20H23NO4/c1-14-6-4-5-7-18(14)15(2)12-19(22)21(3)16-8-10-17(11-9-16)25-13-20(23)24/h4-11,15H,12-13H2,1-3H3,(H,23,24). The number of rotatable bonds is 7. The Labute approximate surface area is 147 Å². The molecule has 0 heterocycles. The summed E-state index contributed by atoms with van der Waals surface area (Å²) in [7, 11) is 1.74. The molecule has 0 bridgehead atoms. The molecule has 0 spiro atoms. The van der Waals surface area contributed by atoms with Crippen molar-refractivity contribution in [3.05, 3.63) is 59.7 Å². The Morgan fingerprint density at radius 1 is 1.12 bits per heavy atom. The molecular formula is C20H23NO4. The van der Waals surface area contributed by atoms with Gasteiger partial charge in [0.2, 0.25) is 5.91 Å². The molecule has 2 aromatic rings. The van der Waals surface area contributed by atoms with E-state index in [1.54, 1.807) is 36.2 Å². The minimum absolute atomic E-state index is 0.0231. The molecule has 0 saturated carbocycles. The Hall–Kier alpha value is -2.82. The van der Waals surface area contributed by atoms with E-state index in [1.807, 2.05) is 12.1 Å². The van der Waals surface area contributed by atoms with Crippen molar-refractivity contribution >= 4 is 17.6 Å². The van der Waals surface area contributed by atoms with Gasteiger partial charge >= 0.3 is 5.97 Å². The molecule has 0 aliphatic heterocycles. The molecule has 0 saturated heterocycles. The smallest absolute Gasteiger partial charge is 0.341 e. The van der Waals surface area contributed by atoms with Crippen molar-refractivity contribution < 1.29 is 19.4 Å². The maximum absolute atomic E-state index is 12.6. The van der Waals surface area contributed by atoms with Crippen LogP contribution in [0.2, 0.25) is 0 Å². The Morgan fingerprint density at radius 2 is 1.76 bits per heavy atom. The molecule has 1 amide bonds. The van der Waals surface area contributed by atoms with Gasteiger partial charge in [0.15, 0.2) is 6.61 Å². The highest BCUT2D eigenvalue weighted by atomic mass is 16.5. The average molecular weight is 341 g/mol. The molecule has 2 aromatic carbocycles. The van der Waals surface area contributed by atoms with Crippen molar-refractivity contribution in [3.63, 3.8) is 0 Å². The summed E-state index contributed by atoms with van der Waals surface area (Å²) in [5.74, 6) is -0.411. The second-order valence-electron chi connectivity index (χ2n) is 6.09. The van der Waals surface area contributed by atoms with E-state index in [0.717, 1.165) is 5.69 Å². The molecule has 0 aliphatic rings. The van der Waals surface area contributed by atoms with Gasteiger partial charge in [-0.2, -0.15) is 0 Å². The van der Waals surface area contributed by atoms with Gasteiger partial charge in [-0.3, -0.25) is 4.79 Å². The van der Waals surface area contributed by atoms with E-state index in [2.05, 4.69) is 26.0 Å². The molecule has 2 rings (SSSR count). The van der Waals surface area contributed by atoms with Crippen LogP contribution in [0.25, 0.3) is 0 Å². The first-order chi connectivity index (χ1) is 11.9. The summed E-state index contributed by atoms with van der Waals surface area (Å²) in [5.41, 5.74) is 3.11. The summed E-state index contributed by atoms with van der Waals surface area (Å²) in [6.07, 6.45) is 0.415. The first-order valence-electron chi connectivity index (χ1n) is 8.15. The largest absolute Gasteiger partial charge is 0.482 e. The highest BCUT2D eigenvalue weighted by Crippen LogP contribution is 2.25. The van der Waals surface area contributed by atoms with Crippen LogP contribution < -0.4 is 9.64 Å². The van der Waals surface area contributed by atoms with Crippen molar-refractivity contribution in [1.82, 2.24) is 0 Å². The van der Waals surface area contributed by atoms with Crippen LogP contribution in [0.15, 0.2) is 48.5 Å². The van der Waals surface area contributed by atoms with Crippen LogP contribution in [0.5, 0.6) is 5.75 Å². The highest BCUT2D eigenvalue weighted by Gasteiger charge is 2.17. The van der Waals surface area contributed by atoms with Gasteiger partial charge in [-0.05, 0) is 48.2 Å². The number of carboxylic acid groups (broad SMARTS) is 1. The minimum Gasteiger partial charge on any atom is -0.482 e. The SMILES string of the molecule is Cc1ccccc1C(C)CC(=O)N(C)c1ccc(OCC(=O)O)cc1. The number of benzene rings is 2. The van der Waals surface area contributed by atoms with E-state index in [9.17, 15) is 9.59 Å². The molecule has 132 valence electrons. The maximum atomic E-state index is 12.6. The van der Waals surface area contributed by atoms with Crippen molar-refractivity contribution in [2.45, 2.75) is 26.2 Å². The highest BCUT2D eigenvalue weighted by molar-refractivity contribution is 5.93. The Balaban J connectivity index is 1.99. The van der Waals surface area contributed by atoms with E-state index in [0.29, 0.717) is 12.2 Å². The second-order valence-corrected chi connectivity index (χ2v) is 6.09. The normalized spacial score (nSPS) is 11.6. The molecule has 1 unspecified atom stereocenters. The number of amides is 1. The van der Waals surface area contributed by atoms with Crippen molar-refractivity contribution in [3.8, 4) is 5.75 Å². The second kappa shape index (κ2) is 8.33. The van der Waals surface area contributed by atoms with Gasteiger partial charge in [-0.15, -0.1) is 0 Å². The summed E-state index contributed by atoms with van der Waals surface area (Å²) >= 11 is 0. The van der Waals surface area contributed by atoms with Gasteiger partial charge in [0.05, 0.1) is 0 Å². The molecular weight excluding hydrogens is 318 g/mol. The molecule has 1 N–H and O–H groups in total. The van der Waals surface area contributed by atoms with Crippen molar-refractivity contribution in [2.24, 2.45) is 0 Å². The fraction of sp³-hybridized carbons (Fsp3) is 0.300. The molecule has 25 heavy (non-hydrogen) atoms. The zero-order chi connectivity index (χ0) is 18.4. The maximum Gasteiger partial charge on any atom is 0.341 e. The van der Waals surface area contributed by atoms with Gasteiger partial charge in [0.25, 0.3) is 0 Å². The molecule has 5 heteroatoms. The number of anilines is 1. The number of aryl methyl sites for hydroxylation is 1. The van der Waals surface area contributed by atoms with Gasteiger partial charge in [-0.25, -0.2) is 4.79 Å². The molecule has 0 aliphatic carbocycles. The lowest BCUT2D eigenvalue weighted by Gasteiger charge is -2.21. The van der Waals surface area contributed by atoms with E-state index in [4.69, 9.17) is 9.84 Å². The lowest BCUT2D eigenvalue weighted by Crippen LogP contribution is -2.27. The van der Waals surface area contributed by atoms with Gasteiger partial charge in [0.1, 0.15) is 5.75 Å². The topological polar surface area (TPSA) is 66.8 Å². The number of nitrogens with zero attached hydrogens (tertiary/aromatic N) is 1. The summed E-state index contributed by atoms with van der Waals surface area (Å²) in [6.45, 7) is 3.72. The Bertz CT molecular complexity index is 740. The molecule has 1 atom stereocenters. The minimum atomic E-state index is -1.03. The first kappa shape index (κ1) is 18.5. The molecule has 0 radical (unpaired) electrons. The molecule has 0 fully saturated rings. The number of hydrogen-bond donors (Lipinski definition) is 1. The number of ether oxygens (including phenoxy) is 1.